The summed E-state index contributed by atoms with van der Waals surface area (Å²) in [4.78, 5) is 62.9. The lowest BCUT2D eigenvalue weighted by molar-refractivity contribution is -0.156. The van der Waals surface area contributed by atoms with E-state index in [2.05, 4.69) is 54.7 Å². The third-order valence-corrected chi connectivity index (χ3v) is 9.06. The summed E-state index contributed by atoms with van der Waals surface area (Å²) < 4.78 is 6.37. The van der Waals surface area contributed by atoms with Crippen LogP contribution in [0.4, 0.5) is 0 Å². The van der Waals surface area contributed by atoms with Crippen LogP contribution in [0, 0.1) is 0 Å². The molecule has 0 radical (unpaired) electrons. The Balaban J connectivity index is 0.000000371. The second-order valence-electron chi connectivity index (χ2n) is 13.9. The van der Waals surface area contributed by atoms with Crippen molar-refractivity contribution in [3.63, 3.8) is 0 Å². The number of carbonyl (C=O) groups excluding carboxylic acids is 4. The molecule has 0 unspecified atom stereocenters. The summed E-state index contributed by atoms with van der Waals surface area (Å²) in [6.07, 6.45) is 5.32. The van der Waals surface area contributed by atoms with Gasteiger partial charge in [0.25, 0.3) is 11.5 Å². The second kappa shape index (κ2) is 15.4. The second-order valence-corrected chi connectivity index (χ2v) is 13.9. The number of carbonyl (C=O) groups is 4. The van der Waals surface area contributed by atoms with Crippen LogP contribution in [0.25, 0.3) is 0 Å². The third kappa shape index (κ3) is 8.79. The van der Waals surface area contributed by atoms with Gasteiger partial charge in [-0.3, -0.25) is 24.0 Å². The highest BCUT2D eigenvalue weighted by molar-refractivity contribution is 5.94. The maximum atomic E-state index is 13.7. The maximum absolute atomic E-state index is 13.7. The largest absolute Gasteiger partial charge is 0.459 e. The van der Waals surface area contributed by atoms with Gasteiger partial charge in [0.2, 0.25) is 12.3 Å². The molecule has 0 saturated carbocycles. The van der Waals surface area contributed by atoms with E-state index in [0.717, 1.165) is 18.4 Å². The molecule has 2 heterocycles. The molecule has 1 fully saturated rings. The number of aromatic nitrogens is 1. The molecule has 1 aliphatic heterocycles. The zero-order valence-corrected chi connectivity index (χ0v) is 28.9. The van der Waals surface area contributed by atoms with Gasteiger partial charge in [-0.05, 0) is 75.3 Å². The molecule has 1 N–H and O–H groups in total. The van der Waals surface area contributed by atoms with E-state index in [4.69, 9.17) is 4.74 Å². The smallest absolute Gasteiger partial charge is 0.326 e. The number of nitrogens with zero attached hydrogens (tertiary/aromatic N) is 3. The number of amides is 3. The summed E-state index contributed by atoms with van der Waals surface area (Å²) >= 11 is 0. The van der Waals surface area contributed by atoms with E-state index in [1.54, 1.807) is 46.1 Å². The standard InChI is InChI=1S/C30H33N3O3.C8H15NO3/c1-30(21-9-4-3-5-10-21)17-14-24(23-11-6-7-13-26(23)30)29(36)33-19-15-22(16-20-33)31-27(34)25-12-8-18-32(2)28(25)35;1-8(2,3)12-7(11)5-9(4)6-10/h3-13,18,22,24H,14-17,19-20H2,1-2H3,(H,31,34);6H,5H2,1-4H3/t24-,30-;/m0./s1. The van der Waals surface area contributed by atoms with Gasteiger partial charge in [0.1, 0.15) is 17.7 Å². The summed E-state index contributed by atoms with van der Waals surface area (Å²) in [5.41, 5.74) is 2.91. The molecule has 5 rings (SSSR count). The number of piperidine rings is 1. The quantitative estimate of drug-likeness (QED) is 0.298. The van der Waals surface area contributed by atoms with Crippen molar-refractivity contribution in [3.8, 4) is 0 Å². The van der Waals surface area contributed by atoms with Crippen molar-refractivity contribution < 1.29 is 23.9 Å². The predicted octanol–water partition coefficient (Wildman–Crippen LogP) is 4.41. The van der Waals surface area contributed by atoms with Gasteiger partial charge in [-0.25, -0.2) is 0 Å². The minimum absolute atomic E-state index is 0.000764. The van der Waals surface area contributed by atoms with Gasteiger partial charge in [-0.15, -0.1) is 0 Å². The van der Waals surface area contributed by atoms with Crippen LogP contribution in [0.5, 0.6) is 0 Å². The number of ether oxygens (including phenoxy) is 1. The highest BCUT2D eigenvalue weighted by Crippen LogP contribution is 2.47. The van der Waals surface area contributed by atoms with Gasteiger partial charge < -0.3 is 24.4 Å². The van der Waals surface area contributed by atoms with Crippen molar-refractivity contribution in [2.24, 2.45) is 7.05 Å². The summed E-state index contributed by atoms with van der Waals surface area (Å²) in [5, 5.41) is 3.00. The molecule has 0 bridgehead atoms. The zero-order chi connectivity index (χ0) is 35.1. The number of benzene rings is 2. The number of hydrogen-bond acceptors (Lipinski definition) is 6. The Labute approximate surface area is 283 Å². The Kier molecular flexibility index (Phi) is 11.6. The van der Waals surface area contributed by atoms with E-state index in [1.807, 2.05) is 17.0 Å². The number of fused-ring (bicyclic) bond motifs is 1. The molecule has 2 aromatic carbocycles. The van der Waals surface area contributed by atoms with E-state index in [1.165, 1.54) is 27.6 Å². The molecule has 3 amide bonds. The van der Waals surface area contributed by atoms with Crippen molar-refractivity contribution >= 4 is 24.2 Å². The van der Waals surface area contributed by atoms with Gasteiger partial charge in [-0.1, -0.05) is 61.5 Å². The Morgan fingerprint density at radius 1 is 0.979 bits per heavy atom. The van der Waals surface area contributed by atoms with Crippen LogP contribution < -0.4 is 10.9 Å². The first kappa shape index (κ1) is 36.1. The van der Waals surface area contributed by atoms with Crippen molar-refractivity contribution in [2.75, 3.05) is 26.7 Å². The van der Waals surface area contributed by atoms with Crippen LogP contribution in [-0.2, 0) is 31.6 Å². The SMILES string of the molecule is CN(C=O)CC(=O)OC(C)(C)C.Cn1cccc(C(=O)NC2CCN(C(=O)[C@H]3CC[C@@](C)(c4ccccc4)c4ccccc43)CC2)c1=O. The fourth-order valence-corrected chi connectivity index (χ4v) is 6.50. The average molecular weight is 657 g/mol. The molecule has 256 valence electrons. The van der Waals surface area contributed by atoms with Crippen LogP contribution in [0.2, 0.25) is 0 Å². The number of hydrogen-bond donors (Lipinski definition) is 1. The molecular formula is C38H48N4O6. The molecule has 1 saturated heterocycles. The lowest BCUT2D eigenvalue weighted by Crippen LogP contribution is -2.49. The maximum Gasteiger partial charge on any atom is 0.326 e. The number of esters is 1. The Morgan fingerprint density at radius 3 is 2.27 bits per heavy atom. The summed E-state index contributed by atoms with van der Waals surface area (Å²) in [6.45, 7) is 8.84. The fraction of sp³-hybridized carbons (Fsp3) is 0.447. The van der Waals surface area contributed by atoms with Crippen molar-refractivity contribution in [1.29, 1.82) is 0 Å². The number of likely N-dealkylation sites (N-methyl/N-ethyl adjacent to an activating group) is 1. The first-order valence-corrected chi connectivity index (χ1v) is 16.5. The average Bonchev–Trinajstić information content (AvgIpc) is 3.06. The first-order chi connectivity index (χ1) is 22.7. The zero-order valence-electron chi connectivity index (χ0n) is 28.9. The molecule has 48 heavy (non-hydrogen) atoms. The van der Waals surface area contributed by atoms with Gasteiger partial charge in [-0.2, -0.15) is 0 Å². The molecule has 0 spiro atoms. The van der Waals surface area contributed by atoms with E-state index < -0.39 is 11.6 Å². The minimum atomic E-state index is -0.485. The fourth-order valence-electron chi connectivity index (χ4n) is 6.50. The molecular weight excluding hydrogens is 608 g/mol. The normalized spacial score (nSPS) is 19.2. The number of nitrogens with one attached hydrogen (secondary N) is 1. The summed E-state index contributed by atoms with van der Waals surface area (Å²) in [5.74, 6) is -0.699. The Hall–Kier alpha value is -4.73. The van der Waals surface area contributed by atoms with E-state index in [9.17, 15) is 24.0 Å². The number of likely N-dealkylation sites (tertiary alicyclic amines) is 1. The lowest BCUT2D eigenvalue weighted by Gasteiger charge is -2.42. The molecule has 10 heteroatoms. The summed E-state index contributed by atoms with van der Waals surface area (Å²) in [7, 11) is 3.16. The van der Waals surface area contributed by atoms with Crippen molar-refractivity contribution in [1.82, 2.24) is 19.7 Å². The summed E-state index contributed by atoms with van der Waals surface area (Å²) in [6, 6.07) is 22.2. The predicted molar refractivity (Wildman–Crippen MR) is 185 cm³/mol. The molecule has 3 aromatic rings. The number of rotatable bonds is 7. The van der Waals surface area contributed by atoms with Crippen LogP contribution in [-0.4, -0.2) is 76.9 Å². The van der Waals surface area contributed by atoms with Gasteiger partial charge in [0, 0.05) is 44.8 Å². The van der Waals surface area contributed by atoms with Crippen LogP contribution in [0.3, 0.4) is 0 Å². The van der Waals surface area contributed by atoms with Gasteiger partial charge in [0.15, 0.2) is 0 Å². The first-order valence-electron chi connectivity index (χ1n) is 16.5. The lowest BCUT2D eigenvalue weighted by atomic mass is 9.64. The number of pyridine rings is 1. The van der Waals surface area contributed by atoms with Crippen LogP contribution in [0.1, 0.15) is 86.3 Å². The molecule has 1 aliphatic carbocycles. The minimum Gasteiger partial charge on any atom is -0.459 e. The van der Waals surface area contributed by atoms with Crippen LogP contribution in [0.15, 0.2) is 77.7 Å². The monoisotopic (exact) mass is 656 g/mol. The highest BCUT2D eigenvalue weighted by Gasteiger charge is 2.41. The van der Waals surface area contributed by atoms with E-state index in [0.29, 0.717) is 32.3 Å². The Morgan fingerprint density at radius 2 is 1.62 bits per heavy atom. The van der Waals surface area contributed by atoms with Crippen molar-refractivity contribution in [2.45, 2.75) is 76.4 Å². The number of aryl methyl sites for hydroxylation is 1. The highest BCUT2D eigenvalue weighted by atomic mass is 16.6. The van der Waals surface area contributed by atoms with Crippen molar-refractivity contribution in [3.05, 3.63) is 106 Å². The molecule has 2 atom stereocenters. The van der Waals surface area contributed by atoms with E-state index in [-0.39, 0.29) is 46.9 Å². The topological polar surface area (TPSA) is 118 Å². The van der Waals surface area contributed by atoms with Crippen LogP contribution >= 0.6 is 0 Å². The van der Waals surface area contributed by atoms with Gasteiger partial charge in [0.05, 0.1) is 5.92 Å². The Bertz CT molecular complexity index is 1660. The van der Waals surface area contributed by atoms with Gasteiger partial charge >= 0.3 is 5.97 Å². The third-order valence-electron chi connectivity index (χ3n) is 9.06. The molecule has 2 aliphatic rings. The molecule has 1 aromatic heterocycles. The van der Waals surface area contributed by atoms with E-state index >= 15 is 0 Å². The molecule has 10 nitrogen and oxygen atoms in total.